The first-order chi connectivity index (χ1) is 14.9. The van der Waals surface area contributed by atoms with Crippen molar-refractivity contribution < 1.29 is 14.7 Å². The highest BCUT2D eigenvalue weighted by Crippen LogP contribution is 2.48. The van der Waals surface area contributed by atoms with Crippen LogP contribution in [0, 0.1) is 0 Å². The van der Waals surface area contributed by atoms with Gasteiger partial charge in [0, 0.05) is 32.1 Å². The van der Waals surface area contributed by atoms with Gasteiger partial charge >= 0.3 is 6.03 Å². The fourth-order valence-corrected chi connectivity index (χ4v) is 5.70. The Morgan fingerprint density at radius 3 is 2.29 bits per heavy atom. The minimum Gasteiger partial charge on any atom is -0.388 e. The molecule has 0 atom stereocenters. The van der Waals surface area contributed by atoms with Crippen LogP contribution in [0.1, 0.15) is 56.9 Å². The van der Waals surface area contributed by atoms with Crippen LogP contribution in [-0.4, -0.2) is 71.7 Å². The van der Waals surface area contributed by atoms with Crippen molar-refractivity contribution in [2.75, 3.05) is 33.7 Å². The van der Waals surface area contributed by atoms with Gasteiger partial charge in [-0.1, -0.05) is 30.3 Å². The summed E-state index contributed by atoms with van der Waals surface area (Å²) >= 11 is 0. The quantitative estimate of drug-likeness (QED) is 0.622. The molecule has 0 unspecified atom stereocenters. The summed E-state index contributed by atoms with van der Waals surface area (Å²) in [6.45, 7) is 1.46. The molecule has 2 saturated carbocycles. The standard InChI is InChI=1S/C24H36N4O3/c1-25-20(29)9-16-27-17-22(28(21(27)30)18-23(31)10-6-11-23)12-14-24(26-2,15-13-22)19-7-4-3-5-8-19/h3-5,7-8,26,31H,6,9-18H2,1-2H3,(H,25,29)/t22-,24+. The van der Waals surface area contributed by atoms with Gasteiger partial charge in [-0.3, -0.25) is 4.79 Å². The molecule has 3 aliphatic rings. The molecule has 0 aromatic heterocycles. The molecule has 170 valence electrons. The Balaban J connectivity index is 1.55. The Kier molecular flexibility index (Phi) is 6.01. The monoisotopic (exact) mass is 428 g/mol. The zero-order valence-electron chi connectivity index (χ0n) is 18.8. The molecule has 1 aliphatic heterocycles. The number of hydrogen-bond donors (Lipinski definition) is 3. The third kappa shape index (κ3) is 4.05. The highest BCUT2D eigenvalue weighted by atomic mass is 16.3. The van der Waals surface area contributed by atoms with Crippen molar-refractivity contribution in [2.24, 2.45) is 0 Å². The summed E-state index contributed by atoms with van der Waals surface area (Å²) in [6.07, 6.45) is 6.45. The first-order valence-electron chi connectivity index (χ1n) is 11.6. The van der Waals surface area contributed by atoms with Crippen molar-refractivity contribution in [3.05, 3.63) is 35.9 Å². The van der Waals surface area contributed by atoms with Crippen molar-refractivity contribution >= 4 is 11.9 Å². The summed E-state index contributed by atoms with van der Waals surface area (Å²) in [5.74, 6) is -0.0557. The summed E-state index contributed by atoms with van der Waals surface area (Å²) in [7, 11) is 3.64. The van der Waals surface area contributed by atoms with Crippen LogP contribution in [0.15, 0.2) is 30.3 Å². The van der Waals surface area contributed by atoms with E-state index in [4.69, 9.17) is 0 Å². The zero-order valence-corrected chi connectivity index (χ0v) is 18.8. The Bertz CT molecular complexity index is 800. The molecule has 4 rings (SSSR count). The molecule has 7 heteroatoms. The molecule has 1 aromatic rings. The molecule has 3 N–H and O–H groups in total. The van der Waals surface area contributed by atoms with Gasteiger partial charge in [-0.05, 0) is 57.6 Å². The SMILES string of the molecule is CNC(=O)CCN1C[C@]2(CC[C@@](NC)(c3ccccc3)CC2)N(CC2(O)CCC2)C1=O. The number of aliphatic hydroxyl groups is 1. The smallest absolute Gasteiger partial charge is 0.320 e. The van der Waals surface area contributed by atoms with E-state index in [0.717, 1.165) is 44.9 Å². The maximum Gasteiger partial charge on any atom is 0.320 e. The van der Waals surface area contributed by atoms with Crippen LogP contribution in [0.3, 0.4) is 0 Å². The number of nitrogens with zero attached hydrogens (tertiary/aromatic N) is 2. The molecule has 1 spiro atoms. The number of carbonyl (C=O) groups excluding carboxylic acids is 2. The third-order valence-corrected chi connectivity index (χ3v) is 8.02. The van der Waals surface area contributed by atoms with Gasteiger partial charge in [0.25, 0.3) is 0 Å². The van der Waals surface area contributed by atoms with E-state index in [0.29, 0.717) is 26.1 Å². The van der Waals surface area contributed by atoms with Gasteiger partial charge in [-0.15, -0.1) is 0 Å². The lowest BCUT2D eigenvalue weighted by molar-refractivity contribution is -0.120. The van der Waals surface area contributed by atoms with E-state index in [1.807, 2.05) is 22.9 Å². The zero-order chi connectivity index (χ0) is 22.1. The first-order valence-corrected chi connectivity index (χ1v) is 11.6. The highest BCUT2D eigenvalue weighted by molar-refractivity contribution is 5.80. The van der Waals surface area contributed by atoms with Crippen molar-refractivity contribution in [2.45, 2.75) is 68.0 Å². The molecule has 1 heterocycles. The van der Waals surface area contributed by atoms with Crippen LogP contribution >= 0.6 is 0 Å². The normalized spacial score (nSPS) is 29.8. The molecule has 3 fully saturated rings. The van der Waals surface area contributed by atoms with Gasteiger partial charge in [0.1, 0.15) is 0 Å². The van der Waals surface area contributed by atoms with Crippen molar-refractivity contribution in [3.8, 4) is 0 Å². The fourth-order valence-electron chi connectivity index (χ4n) is 5.70. The second kappa shape index (κ2) is 8.43. The lowest BCUT2D eigenvalue weighted by atomic mass is 9.68. The Hall–Kier alpha value is -2.12. The van der Waals surface area contributed by atoms with Gasteiger partial charge in [0.15, 0.2) is 0 Å². The number of rotatable bonds is 7. The fraction of sp³-hybridized carbons (Fsp3) is 0.667. The first kappa shape index (κ1) is 22.1. The van der Waals surface area contributed by atoms with Crippen LogP contribution in [0.5, 0.6) is 0 Å². The van der Waals surface area contributed by atoms with Crippen LogP contribution in [0.2, 0.25) is 0 Å². The number of nitrogens with one attached hydrogen (secondary N) is 2. The van der Waals surface area contributed by atoms with E-state index >= 15 is 0 Å². The van der Waals surface area contributed by atoms with Crippen LogP contribution in [0.4, 0.5) is 4.79 Å². The molecule has 2 aliphatic carbocycles. The molecule has 7 nitrogen and oxygen atoms in total. The van der Waals surface area contributed by atoms with Gasteiger partial charge in [-0.25, -0.2) is 4.79 Å². The molecule has 0 radical (unpaired) electrons. The van der Waals surface area contributed by atoms with Gasteiger partial charge < -0.3 is 25.5 Å². The third-order valence-electron chi connectivity index (χ3n) is 8.02. The number of hydrogen-bond acceptors (Lipinski definition) is 4. The Morgan fingerprint density at radius 1 is 1.06 bits per heavy atom. The lowest BCUT2D eigenvalue weighted by Gasteiger charge is -2.50. The largest absolute Gasteiger partial charge is 0.388 e. The van der Waals surface area contributed by atoms with E-state index in [1.165, 1.54) is 5.56 Å². The van der Waals surface area contributed by atoms with Gasteiger partial charge in [0.05, 0.1) is 17.7 Å². The Morgan fingerprint density at radius 2 is 1.74 bits per heavy atom. The molecule has 1 aromatic carbocycles. The van der Waals surface area contributed by atoms with Crippen LogP contribution in [0.25, 0.3) is 0 Å². The summed E-state index contributed by atoms with van der Waals surface area (Å²) in [6, 6.07) is 10.5. The molecule has 0 bridgehead atoms. The average Bonchev–Trinajstić information content (AvgIpc) is 3.03. The topological polar surface area (TPSA) is 84.9 Å². The van der Waals surface area contributed by atoms with Crippen LogP contribution in [-0.2, 0) is 10.3 Å². The second-order valence-corrected chi connectivity index (χ2v) is 9.71. The number of amides is 3. The highest BCUT2D eigenvalue weighted by Gasteiger charge is 2.55. The lowest BCUT2D eigenvalue weighted by Crippen LogP contribution is -2.59. The second-order valence-electron chi connectivity index (χ2n) is 9.71. The minimum absolute atomic E-state index is 0.0269. The summed E-state index contributed by atoms with van der Waals surface area (Å²) in [5.41, 5.74) is 0.165. The summed E-state index contributed by atoms with van der Waals surface area (Å²) < 4.78 is 0. The van der Waals surface area contributed by atoms with E-state index < -0.39 is 5.60 Å². The van der Waals surface area contributed by atoms with Crippen molar-refractivity contribution in [1.29, 1.82) is 0 Å². The minimum atomic E-state index is -0.754. The average molecular weight is 429 g/mol. The summed E-state index contributed by atoms with van der Waals surface area (Å²) in [4.78, 5) is 29.0. The molecule has 3 amide bonds. The van der Waals surface area contributed by atoms with E-state index in [1.54, 1.807) is 7.05 Å². The number of carbonyl (C=O) groups is 2. The van der Waals surface area contributed by atoms with Crippen molar-refractivity contribution in [3.63, 3.8) is 0 Å². The van der Waals surface area contributed by atoms with Gasteiger partial charge in [-0.2, -0.15) is 0 Å². The maximum atomic E-state index is 13.4. The summed E-state index contributed by atoms with van der Waals surface area (Å²) in [5, 5.41) is 17.1. The maximum absolute atomic E-state index is 13.4. The molecule has 1 saturated heterocycles. The predicted octanol–water partition coefficient (Wildman–Crippen LogP) is 2.20. The van der Waals surface area contributed by atoms with E-state index in [2.05, 4.69) is 34.9 Å². The van der Waals surface area contributed by atoms with E-state index in [-0.39, 0.29) is 23.0 Å². The molecular formula is C24H36N4O3. The predicted molar refractivity (Wildman–Crippen MR) is 120 cm³/mol. The number of β-amino-alcohol motifs (C(OH)–C–C–N with tert-alkyl or cyclic N) is 1. The van der Waals surface area contributed by atoms with E-state index in [9.17, 15) is 14.7 Å². The van der Waals surface area contributed by atoms with Crippen molar-refractivity contribution in [1.82, 2.24) is 20.4 Å². The van der Waals surface area contributed by atoms with Gasteiger partial charge in [0.2, 0.25) is 5.91 Å². The Labute approximate surface area is 185 Å². The number of benzene rings is 1. The molecular weight excluding hydrogens is 392 g/mol. The van der Waals surface area contributed by atoms with Crippen LogP contribution < -0.4 is 10.6 Å². The molecule has 31 heavy (non-hydrogen) atoms. The number of urea groups is 1.